The molecule has 0 aromatic carbocycles. The van der Waals surface area contributed by atoms with Crippen molar-refractivity contribution in [2.24, 2.45) is 0 Å². The van der Waals surface area contributed by atoms with Gasteiger partial charge in [0, 0.05) is 54.3 Å². The van der Waals surface area contributed by atoms with Crippen molar-refractivity contribution in [2.75, 3.05) is 31.2 Å². The lowest BCUT2D eigenvalue weighted by molar-refractivity contribution is -0.115. The van der Waals surface area contributed by atoms with Crippen molar-refractivity contribution in [3.8, 4) is 11.1 Å². The molecule has 2 aliphatic heterocycles. The van der Waals surface area contributed by atoms with Gasteiger partial charge in [-0.1, -0.05) is 0 Å². The van der Waals surface area contributed by atoms with Crippen LogP contribution in [0.2, 0.25) is 0 Å². The first kappa shape index (κ1) is 18.8. The molecule has 8 nitrogen and oxygen atoms in total. The first-order valence-electron chi connectivity index (χ1n) is 9.50. The second kappa shape index (κ2) is 7.58. The number of hydrogen-bond acceptors (Lipinski definition) is 8. The van der Waals surface area contributed by atoms with E-state index in [1.165, 1.54) is 0 Å². The van der Waals surface area contributed by atoms with Crippen molar-refractivity contribution in [3.63, 3.8) is 0 Å². The summed E-state index contributed by atoms with van der Waals surface area (Å²) in [4.78, 5) is 34.7. The molecule has 2 fully saturated rings. The molecule has 3 aromatic rings. The third kappa shape index (κ3) is 3.46. The molecule has 2 amide bonds. The zero-order valence-electron chi connectivity index (χ0n) is 16.2. The fourth-order valence-electron chi connectivity index (χ4n) is 3.63. The molecule has 30 heavy (non-hydrogen) atoms. The number of aryl methyl sites for hydroxylation is 1. The van der Waals surface area contributed by atoms with Gasteiger partial charge in [0.05, 0.1) is 18.1 Å². The topological polar surface area (TPSA) is 97.6 Å². The van der Waals surface area contributed by atoms with Crippen molar-refractivity contribution < 1.29 is 18.7 Å². The predicted molar refractivity (Wildman–Crippen MR) is 114 cm³/mol. The van der Waals surface area contributed by atoms with Crippen LogP contribution < -0.4 is 10.2 Å². The van der Waals surface area contributed by atoms with Crippen molar-refractivity contribution in [3.05, 3.63) is 47.0 Å². The third-order valence-electron chi connectivity index (χ3n) is 5.03. The number of amides is 2. The molecule has 0 unspecified atom stereocenters. The number of hydrogen-bond donors (Lipinski definition) is 1. The average Bonchev–Trinajstić information content (AvgIpc) is 3.30. The number of imide groups is 1. The second-order valence-electron chi connectivity index (χ2n) is 7.07. The van der Waals surface area contributed by atoms with E-state index in [4.69, 9.17) is 9.15 Å². The summed E-state index contributed by atoms with van der Waals surface area (Å²) in [6.07, 6.45) is 6.85. The maximum absolute atomic E-state index is 11.8. The molecule has 0 saturated carbocycles. The SMILES string of the molecule is Cc1cc(-c2cncc3cc(C=C4SC(=O)NC4=O)oc23)cnc1N1CCOCC1. The van der Waals surface area contributed by atoms with Crippen LogP contribution in [-0.2, 0) is 9.53 Å². The number of fused-ring (bicyclic) bond motifs is 1. The summed E-state index contributed by atoms with van der Waals surface area (Å²) in [7, 11) is 0. The number of thioether (sulfide) groups is 1. The summed E-state index contributed by atoms with van der Waals surface area (Å²) < 4.78 is 11.4. The van der Waals surface area contributed by atoms with Gasteiger partial charge in [0.1, 0.15) is 17.2 Å². The van der Waals surface area contributed by atoms with E-state index in [1.54, 1.807) is 24.5 Å². The first-order chi connectivity index (χ1) is 14.6. The first-order valence-corrected chi connectivity index (χ1v) is 10.3. The van der Waals surface area contributed by atoms with Crippen LogP contribution >= 0.6 is 11.8 Å². The largest absolute Gasteiger partial charge is 0.456 e. The Labute approximate surface area is 176 Å². The predicted octanol–water partition coefficient (Wildman–Crippen LogP) is 3.36. The van der Waals surface area contributed by atoms with Crippen LogP contribution in [0.3, 0.4) is 0 Å². The highest BCUT2D eigenvalue weighted by Gasteiger charge is 2.25. The van der Waals surface area contributed by atoms with Crippen LogP contribution in [0.25, 0.3) is 28.2 Å². The Hall–Kier alpha value is -3.17. The van der Waals surface area contributed by atoms with Gasteiger partial charge in [-0.25, -0.2) is 4.98 Å². The zero-order valence-corrected chi connectivity index (χ0v) is 17.0. The monoisotopic (exact) mass is 422 g/mol. The van der Waals surface area contributed by atoms with E-state index < -0.39 is 5.91 Å². The normalized spacial score (nSPS) is 18.4. The summed E-state index contributed by atoms with van der Waals surface area (Å²) >= 11 is 0.858. The van der Waals surface area contributed by atoms with E-state index in [-0.39, 0.29) is 5.24 Å². The third-order valence-corrected chi connectivity index (χ3v) is 5.84. The lowest BCUT2D eigenvalue weighted by Gasteiger charge is -2.29. The van der Waals surface area contributed by atoms with Gasteiger partial charge in [-0.3, -0.25) is 19.9 Å². The lowest BCUT2D eigenvalue weighted by atomic mass is 10.1. The Morgan fingerprint density at radius 2 is 2.00 bits per heavy atom. The number of rotatable bonds is 3. The van der Waals surface area contributed by atoms with Crippen molar-refractivity contribution >= 4 is 45.8 Å². The molecule has 3 aromatic heterocycles. The van der Waals surface area contributed by atoms with E-state index in [0.29, 0.717) is 29.5 Å². The lowest BCUT2D eigenvalue weighted by Crippen LogP contribution is -2.37. The molecule has 0 radical (unpaired) electrons. The molecule has 0 aliphatic carbocycles. The number of ether oxygens (including phenoxy) is 1. The second-order valence-corrected chi connectivity index (χ2v) is 8.09. The molecule has 152 valence electrons. The van der Waals surface area contributed by atoms with Crippen LogP contribution in [0.4, 0.5) is 10.6 Å². The maximum Gasteiger partial charge on any atom is 0.290 e. The molecule has 2 saturated heterocycles. The summed E-state index contributed by atoms with van der Waals surface area (Å²) in [6, 6.07) is 3.88. The molecule has 0 bridgehead atoms. The van der Waals surface area contributed by atoms with Crippen molar-refractivity contribution in [2.45, 2.75) is 6.92 Å². The van der Waals surface area contributed by atoms with Crippen LogP contribution in [-0.4, -0.2) is 47.4 Å². The minimum atomic E-state index is -0.415. The number of furan rings is 1. The number of nitrogens with zero attached hydrogens (tertiary/aromatic N) is 3. The van der Waals surface area contributed by atoms with Crippen LogP contribution in [0.1, 0.15) is 11.3 Å². The maximum atomic E-state index is 11.8. The van der Waals surface area contributed by atoms with Gasteiger partial charge in [0.25, 0.3) is 11.1 Å². The van der Waals surface area contributed by atoms with Crippen LogP contribution in [0, 0.1) is 6.92 Å². The highest BCUT2D eigenvalue weighted by atomic mass is 32.2. The Kier molecular flexibility index (Phi) is 4.76. The van der Waals surface area contributed by atoms with E-state index >= 15 is 0 Å². The molecular weight excluding hydrogens is 404 g/mol. The number of carbonyl (C=O) groups excluding carboxylic acids is 2. The Morgan fingerprint density at radius 1 is 1.17 bits per heavy atom. The van der Waals surface area contributed by atoms with E-state index in [0.717, 1.165) is 52.7 Å². The highest BCUT2D eigenvalue weighted by Crippen LogP contribution is 2.34. The molecule has 9 heteroatoms. The Balaban J connectivity index is 1.51. The van der Waals surface area contributed by atoms with Gasteiger partial charge in [-0.15, -0.1) is 0 Å². The fourth-order valence-corrected chi connectivity index (χ4v) is 4.29. The summed E-state index contributed by atoms with van der Waals surface area (Å²) in [5, 5.41) is 2.67. The van der Waals surface area contributed by atoms with Crippen molar-refractivity contribution in [1.82, 2.24) is 15.3 Å². The molecule has 2 aliphatic rings. The zero-order chi connectivity index (χ0) is 20.7. The smallest absolute Gasteiger partial charge is 0.290 e. The number of nitrogens with one attached hydrogen (secondary N) is 1. The highest BCUT2D eigenvalue weighted by molar-refractivity contribution is 8.18. The quantitative estimate of drug-likeness (QED) is 0.642. The number of carbonyl (C=O) groups is 2. The van der Waals surface area contributed by atoms with Gasteiger partial charge < -0.3 is 14.1 Å². The van der Waals surface area contributed by atoms with Gasteiger partial charge in [0.2, 0.25) is 0 Å². The van der Waals surface area contributed by atoms with E-state index in [9.17, 15) is 9.59 Å². The molecular formula is C21H18N4O4S. The molecule has 0 spiro atoms. The average molecular weight is 422 g/mol. The fraction of sp³-hybridized carbons (Fsp3) is 0.238. The minimum absolute atomic E-state index is 0.306. The van der Waals surface area contributed by atoms with E-state index in [1.807, 2.05) is 13.1 Å². The van der Waals surface area contributed by atoms with Crippen molar-refractivity contribution in [1.29, 1.82) is 0 Å². The summed E-state index contributed by atoms with van der Waals surface area (Å²) in [5.41, 5.74) is 3.45. The molecule has 5 heterocycles. The van der Waals surface area contributed by atoms with Gasteiger partial charge in [-0.05, 0) is 36.4 Å². The number of anilines is 1. The summed E-state index contributed by atoms with van der Waals surface area (Å²) in [6.45, 7) is 5.11. The molecule has 0 atom stereocenters. The van der Waals surface area contributed by atoms with Crippen LogP contribution in [0.15, 0.2) is 40.0 Å². The Bertz CT molecular complexity index is 1200. The van der Waals surface area contributed by atoms with Gasteiger partial charge in [-0.2, -0.15) is 0 Å². The molecule has 5 rings (SSSR count). The van der Waals surface area contributed by atoms with Crippen LogP contribution in [0.5, 0.6) is 0 Å². The summed E-state index contributed by atoms with van der Waals surface area (Å²) in [5.74, 6) is 1.03. The standard InChI is InChI=1S/C21H18N4O4S/c1-12-6-13(10-23-19(12)25-2-4-28-5-3-25)16-11-22-9-14-7-15(29-18(14)16)8-17-20(26)24-21(27)30-17/h6-11H,2-5H2,1H3,(H,24,26,27). The minimum Gasteiger partial charge on any atom is -0.456 e. The number of pyridine rings is 2. The number of aromatic nitrogens is 2. The Morgan fingerprint density at radius 3 is 2.73 bits per heavy atom. The molecule has 1 N–H and O–H groups in total. The van der Waals surface area contributed by atoms with Gasteiger partial charge >= 0.3 is 0 Å². The number of morpholine rings is 1. The van der Waals surface area contributed by atoms with E-state index in [2.05, 4.69) is 26.3 Å². The van der Waals surface area contributed by atoms with Gasteiger partial charge in [0.15, 0.2) is 0 Å².